The number of anilines is 1. The largest absolute Gasteiger partial charge is 0.480 e. The zero-order chi connectivity index (χ0) is 23.9. The number of likely N-dealkylation sites (tertiary alicyclic amines) is 1. The zero-order valence-corrected chi connectivity index (χ0v) is 19.4. The first-order valence-electron chi connectivity index (χ1n) is 11.2. The lowest BCUT2D eigenvalue weighted by Gasteiger charge is -2.24. The summed E-state index contributed by atoms with van der Waals surface area (Å²) in [6, 6.07) is 24.3. The van der Waals surface area contributed by atoms with E-state index in [1.54, 1.807) is 18.2 Å². The Hall–Kier alpha value is -3.48. The second-order valence-corrected chi connectivity index (χ2v) is 8.65. The van der Waals surface area contributed by atoms with Gasteiger partial charge in [0, 0.05) is 22.7 Å². The predicted molar refractivity (Wildman–Crippen MR) is 135 cm³/mol. The van der Waals surface area contributed by atoms with Crippen molar-refractivity contribution >= 4 is 34.9 Å². The minimum Gasteiger partial charge on any atom is -0.480 e. The zero-order valence-electron chi connectivity index (χ0n) is 18.7. The molecule has 3 aromatic carbocycles. The summed E-state index contributed by atoms with van der Waals surface area (Å²) in [5.41, 5.74) is 3.51. The second-order valence-electron chi connectivity index (χ2n) is 8.22. The number of rotatable bonds is 8. The lowest BCUT2D eigenvalue weighted by Crippen LogP contribution is -2.39. The summed E-state index contributed by atoms with van der Waals surface area (Å²) in [5, 5.41) is 12.7. The molecule has 1 saturated heterocycles. The van der Waals surface area contributed by atoms with Gasteiger partial charge in [0.15, 0.2) is 0 Å². The Morgan fingerprint density at radius 2 is 1.74 bits per heavy atom. The third kappa shape index (κ3) is 5.90. The maximum atomic E-state index is 13.4. The summed E-state index contributed by atoms with van der Waals surface area (Å²) in [4.78, 5) is 31.1. The van der Waals surface area contributed by atoms with Crippen molar-refractivity contribution in [2.24, 2.45) is 4.99 Å². The molecule has 3 aromatic rings. The number of benzene rings is 3. The summed E-state index contributed by atoms with van der Waals surface area (Å²) in [6.07, 6.45) is 1.73. The van der Waals surface area contributed by atoms with Gasteiger partial charge < -0.3 is 10.4 Å². The van der Waals surface area contributed by atoms with Gasteiger partial charge in [-0.1, -0.05) is 72.3 Å². The molecule has 0 radical (unpaired) electrons. The summed E-state index contributed by atoms with van der Waals surface area (Å²) < 4.78 is 0. The predicted octanol–water partition coefficient (Wildman–Crippen LogP) is 4.87. The van der Waals surface area contributed by atoms with E-state index in [0.29, 0.717) is 28.5 Å². The van der Waals surface area contributed by atoms with Gasteiger partial charge >= 0.3 is 5.97 Å². The number of carbonyl (C=O) groups excluding carboxylic acids is 1. The van der Waals surface area contributed by atoms with E-state index in [-0.39, 0.29) is 11.9 Å². The molecular weight excluding hydrogens is 450 g/mol. The Bertz CT molecular complexity index is 1180. The van der Waals surface area contributed by atoms with Crippen molar-refractivity contribution < 1.29 is 14.7 Å². The Kier molecular flexibility index (Phi) is 7.72. The molecule has 1 heterocycles. The fraction of sp³-hybridized carbons (Fsp3) is 0.222. The molecule has 0 aliphatic carbocycles. The third-order valence-electron chi connectivity index (χ3n) is 5.81. The van der Waals surface area contributed by atoms with Crippen molar-refractivity contribution in [3.05, 3.63) is 101 Å². The lowest BCUT2D eigenvalue weighted by atomic mass is 10.00. The number of nitrogens with zero attached hydrogens (tertiary/aromatic N) is 2. The minimum atomic E-state index is -1.04. The highest BCUT2D eigenvalue weighted by atomic mass is 35.5. The molecule has 1 aliphatic heterocycles. The molecule has 174 valence electrons. The van der Waals surface area contributed by atoms with E-state index < -0.39 is 12.5 Å². The van der Waals surface area contributed by atoms with Crippen LogP contribution in [0.3, 0.4) is 0 Å². The van der Waals surface area contributed by atoms with Gasteiger partial charge in [0.1, 0.15) is 6.54 Å². The van der Waals surface area contributed by atoms with Crippen LogP contribution in [0, 0.1) is 0 Å². The van der Waals surface area contributed by atoms with Crippen LogP contribution in [0.25, 0.3) is 0 Å². The molecular formula is C27H26ClN3O3. The first-order chi connectivity index (χ1) is 16.5. The van der Waals surface area contributed by atoms with Gasteiger partial charge in [-0.05, 0) is 43.1 Å². The smallest absolute Gasteiger partial charge is 0.325 e. The second kappa shape index (κ2) is 11.1. The molecule has 1 fully saturated rings. The third-order valence-corrected chi connectivity index (χ3v) is 6.04. The van der Waals surface area contributed by atoms with Crippen LogP contribution in [0.15, 0.2) is 83.9 Å². The van der Waals surface area contributed by atoms with Gasteiger partial charge in [0.25, 0.3) is 0 Å². The van der Waals surface area contributed by atoms with Gasteiger partial charge in [-0.25, -0.2) is 0 Å². The summed E-state index contributed by atoms with van der Waals surface area (Å²) in [7, 11) is 0. The molecule has 0 unspecified atom stereocenters. The van der Waals surface area contributed by atoms with Gasteiger partial charge in [-0.15, -0.1) is 0 Å². The van der Waals surface area contributed by atoms with E-state index in [2.05, 4.69) is 27.3 Å². The number of carbonyl (C=O) groups is 2. The van der Waals surface area contributed by atoms with Gasteiger partial charge in [-0.3, -0.25) is 19.5 Å². The molecule has 6 nitrogen and oxygen atoms in total. The first-order valence-corrected chi connectivity index (χ1v) is 11.6. The van der Waals surface area contributed by atoms with Crippen LogP contribution < -0.4 is 5.32 Å². The quantitative estimate of drug-likeness (QED) is 0.455. The molecule has 1 amide bonds. The number of aliphatic imine (C=N–C) groups is 1. The Labute approximate surface area is 203 Å². The van der Waals surface area contributed by atoms with Gasteiger partial charge in [0.05, 0.1) is 17.4 Å². The molecule has 4 rings (SSSR count). The molecule has 1 atom stereocenters. The molecule has 0 aromatic heterocycles. The van der Waals surface area contributed by atoms with Crippen molar-refractivity contribution in [3.8, 4) is 0 Å². The van der Waals surface area contributed by atoms with Crippen molar-refractivity contribution in [1.29, 1.82) is 0 Å². The fourth-order valence-corrected chi connectivity index (χ4v) is 4.41. The van der Waals surface area contributed by atoms with Crippen LogP contribution in [0.5, 0.6) is 0 Å². The van der Waals surface area contributed by atoms with Gasteiger partial charge in [-0.2, -0.15) is 0 Å². The standard InChI is InChI=1S/C27H26ClN3O3/c28-21-13-14-23(22(16-21)26(29-17-25(32)33)20-10-5-2-6-11-20)30-27(34)24-12-7-15-31(24)18-19-8-3-1-4-9-19/h1-6,8-11,13-14,16,24H,7,12,15,17-18H2,(H,30,34)(H,32,33)/t24-/m1/s1. The Morgan fingerprint density at radius 1 is 1.03 bits per heavy atom. The van der Waals surface area contributed by atoms with E-state index in [1.165, 1.54) is 5.56 Å². The molecule has 1 aliphatic rings. The summed E-state index contributed by atoms with van der Waals surface area (Å²) in [5.74, 6) is -1.13. The first kappa shape index (κ1) is 23.7. The van der Waals surface area contributed by atoms with Crippen molar-refractivity contribution in [1.82, 2.24) is 4.90 Å². The molecule has 2 N–H and O–H groups in total. The van der Waals surface area contributed by atoms with E-state index in [0.717, 1.165) is 24.9 Å². The van der Waals surface area contributed by atoms with Gasteiger partial charge in [0.2, 0.25) is 5.91 Å². The topological polar surface area (TPSA) is 82.0 Å². The number of aliphatic carboxylic acids is 1. The molecule has 34 heavy (non-hydrogen) atoms. The maximum Gasteiger partial charge on any atom is 0.325 e. The molecule has 0 spiro atoms. The van der Waals surface area contributed by atoms with Crippen LogP contribution in [0.1, 0.15) is 29.5 Å². The average Bonchev–Trinajstić information content (AvgIpc) is 3.30. The Balaban J connectivity index is 1.62. The average molecular weight is 476 g/mol. The number of nitrogens with one attached hydrogen (secondary N) is 1. The maximum absolute atomic E-state index is 13.4. The minimum absolute atomic E-state index is 0.0948. The van der Waals surface area contributed by atoms with E-state index >= 15 is 0 Å². The summed E-state index contributed by atoms with van der Waals surface area (Å²) >= 11 is 6.30. The van der Waals surface area contributed by atoms with E-state index in [1.807, 2.05) is 48.5 Å². The summed E-state index contributed by atoms with van der Waals surface area (Å²) in [6.45, 7) is 1.18. The molecule has 0 bridgehead atoms. The number of carboxylic acid groups (broad SMARTS) is 1. The van der Waals surface area contributed by atoms with Crippen LogP contribution >= 0.6 is 11.6 Å². The normalized spacial score (nSPS) is 16.4. The van der Waals surface area contributed by atoms with Crippen LogP contribution in [0.4, 0.5) is 5.69 Å². The van der Waals surface area contributed by atoms with Crippen molar-refractivity contribution in [2.45, 2.75) is 25.4 Å². The van der Waals surface area contributed by atoms with Crippen LogP contribution in [-0.4, -0.2) is 46.7 Å². The number of hydrogen-bond acceptors (Lipinski definition) is 4. The molecule has 7 heteroatoms. The highest BCUT2D eigenvalue weighted by Gasteiger charge is 2.31. The van der Waals surface area contributed by atoms with E-state index in [4.69, 9.17) is 11.6 Å². The number of halogens is 1. The number of hydrogen-bond donors (Lipinski definition) is 2. The fourth-order valence-electron chi connectivity index (χ4n) is 4.24. The van der Waals surface area contributed by atoms with Crippen LogP contribution in [0.2, 0.25) is 5.02 Å². The van der Waals surface area contributed by atoms with Crippen molar-refractivity contribution in [2.75, 3.05) is 18.4 Å². The highest BCUT2D eigenvalue weighted by Crippen LogP contribution is 2.27. The van der Waals surface area contributed by atoms with Crippen LogP contribution in [-0.2, 0) is 16.1 Å². The number of amides is 1. The molecule has 0 saturated carbocycles. The number of carboxylic acids is 1. The lowest BCUT2D eigenvalue weighted by molar-refractivity contribution is -0.135. The monoisotopic (exact) mass is 475 g/mol. The highest BCUT2D eigenvalue weighted by molar-refractivity contribution is 6.31. The van der Waals surface area contributed by atoms with Crippen molar-refractivity contribution in [3.63, 3.8) is 0 Å². The van der Waals surface area contributed by atoms with E-state index in [9.17, 15) is 14.7 Å². The Morgan fingerprint density at radius 3 is 2.44 bits per heavy atom. The SMILES string of the molecule is O=C(O)CN=C(c1ccccc1)c1cc(Cl)ccc1NC(=O)[C@H]1CCCN1Cc1ccccc1.